The quantitative estimate of drug-likeness (QED) is 0.730. The Kier molecular flexibility index (Phi) is 5.83. The van der Waals surface area contributed by atoms with Crippen LogP contribution in [0.1, 0.15) is 5.56 Å². The van der Waals surface area contributed by atoms with Crippen LogP contribution in [0, 0.1) is 0 Å². The number of hydrogen-bond acceptors (Lipinski definition) is 5. The smallest absolute Gasteiger partial charge is 0.310 e. The first kappa shape index (κ1) is 14.8. The molecule has 0 radical (unpaired) electrons. The minimum Gasteiger partial charge on any atom is -0.492 e. The molecule has 5 heteroatoms. The molecule has 20 heavy (non-hydrogen) atoms. The van der Waals surface area contributed by atoms with E-state index in [2.05, 4.69) is 4.90 Å². The van der Waals surface area contributed by atoms with Gasteiger partial charge in [0, 0.05) is 25.2 Å². The molecule has 2 rings (SSSR count). The summed E-state index contributed by atoms with van der Waals surface area (Å²) >= 11 is 0. The summed E-state index contributed by atoms with van der Waals surface area (Å²) in [7, 11) is 1.39. The van der Waals surface area contributed by atoms with Crippen molar-refractivity contribution in [2.75, 3.05) is 46.6 Å². The molecule has 1 fully saturated rings. The first-order chi connectivity index (χ1) is 9.79. The highest BCUT2D eigenvalue weighted by Gasteiger charge is 2.11. The molecule has 0 bridgehead atoms. The summed E-state index contributed by atoms with van der Waals surface area (Å²) in [5, 5.41) is 0. The molecule has 5 nitrogen and oxygen atoms in total. The molecule has 0 aliphatic carbocycles. The van der Waals surface area contributed by atoms with Gasteiger partial charge in [0.25, 0.3) is 0 Å². The van der Waals surface area contributed by atoms with Crippen molar-refractivity contribution in [3.05, 3.63) is 29.8 Å². The second-order valence-electron chi connectivity index (χ2n) is 4.66. The lowest BCUT2D eigenvalue weighted by atomic mass is 10.1. The number of para-hydroxylation sites is 1. The van der Waals surface area contributed by atoms with Crippen molar-refractivity contribution in [2.45, 2.75) is 6.42 Å². The summed E-state index contributed by atoms with van der Waals surface area (Å²) in [6, 6.07) is 7.58. The van der Waals surface area contributed by atoms with Gasteiger partial charge in [-0.15, -0.1) is 0 Å². The van der Waals surface area contributed by atoms with Gasteiger partial charge >= 0.3 is 5.97 Å². The SMILES string of the molecule is COC(=O)Cc1ccccc1OCCN1CCOCC1. The Morgan fingerprint density at radius 3 is 2.80 bits per heavy atom. The van der Waals surface area contributed by atoms with Crippen LogP contribution in [-0.2, 0) is 20.7 Å². The highest BCUT2D eigenvalue weighted by molar-refractivity contribution is 5.73. The van der Waals surface area contributed by atoms with Crippen LogP contribution in [0.15, 0.2) is 24.3 Å². The fourth-order valence-corrected chi connectivity index (χ4v) is 2.13. The lowest BCUT2D eigenvalue weighted by Crippen LogP contribution is -2.38. The highest BCUT2D eigenvalue weighted by Crippen LogP contribution is 2.18. The summed E-state index contributed by atoms with van der Waals surface area (Å²) in [6.07, 6.45) is 0.240. The molecule has 0 N–H and O–H groups in total. The molecule has 110 valence electrons. The number of carbonyl (C=O) groups is 1. The van der Waals surface area contributed by atoms with E-state index in [1.54, 1.807) is 0 Å². The minimum atomic E-state index is -0.255. The van der Waals surface area contributed by atoms with Gasteiger partial charge < -0.3 is 14.2 Å². The number of morpholine rings is 1. The topological polar surface area (TPSA) is 48.0 Å². The number of rotatable bonds is 6. The summed E-state index contributed by atoms with van der Waals surface area (Å²) in [6.45, 7) is 4.96. The molecule has 1 heterocycles. The maximum atomic E-state index is 11.4. The summed E-state index contributed by atoms with van der Waals surface area (Å²) in [4.78, 5) is 13.7. The van der Waals surface area contributed by atoms with Crippen molar-refractivity contribution in [2.24, 2.45) is 0 Å². The van der Waals surface area contributed by atoms with Crippen molar-refractivity contribution in [1.82, 2.24) is 4.90 Å². The van der Waals surface area contributed by atoms with Crippen LogP contribution < -0.4 is 4.74 Å². The van der Waals surface area contributed by atoms with E-state index < -0.39 is 0 Å². The van der Waals surface area contributed by atoms with E-state index in [0.717, 1.165) is 44.2 Å². The Morgan fingerprint density at radius 2 is 2.05 bits per heavy atom. The molecule has 1 aliphatic rings. The monoisotopic (exact) mass is 279 g/mol. The van der Waals surface area contributed by atoms with Gasteiger partial charge in [0.1, 0.15) is 12.4 Å². The van der Waals surface area contributed by atoms with Crippen LogP contribution in [0.25, 0.3) is 0 Å². The van der Waals surface area contributed by atoms with Crippen LogP contribution in [0.2, 0.25) is 0 Å². The lowest BCUT2D eigenvalue weighted by Gasteiger charge is -2.26. The third kappa shape index (κ3) is 4.51. The van der Waals surface area contributed by atoms with Gasteiger partial charge in [-0.3, -0.25) is 9.69 Å². The number of methoxy groups -OCH3 is 1. The molecule has 0 amide bonds. The molecule has 1 aromatic carbocycles. The Hall–Kier alpha value is -1.59. The van der Waals surface area contributed by atoms with Crippen LogP contribution >= 0.6 is 0 Å². The van der Waals surface area contributed by atoms with Crippen LogP contribution in [0.3, 0.4) is 0 Å². The predicted octanol–water partition coefficient (Wildman–Crippen LogP) is 1.11. The second-order valence-corrected chi connectivity index (χ2v) is 4.66. The molecule has 0 aromatic heterocycles. The number of esters is 1. The van der Waals surface area contributed by atoms with E-state index in [9.17, 15) is 4.79 Å². The van der Waals surface area contributed by atoms with E-state index in [0.29, 0.717) is 6.61 Å². The molecule has 1 aromatic rings. The fraction of sp³-hybridized carbons (Fsp3) is 0.533. The molecule has 0 atom stereocenters. The first-order valence-electron chi connectivity index (χ1n) is 6.87. The average molecular weight is 279 g/mol. The molecule has 1 aliphatic heterocycles. The Bertz CT molecular complexity index is 430. The minimum absolute atomic E-state index is 0.240. The van der Waals surface area contributed by atoms with Gasteiger partial charge in [-0.05, 0) is 6.07 Å². The van der Waals surface area contributed by atoms with Crippen LogP contribution in [0.4, 0.5) is 0 Å². The van der Waals surface area contributed by atoms with Crippen molar-refractivity contribution in [3.63, 3.8) is 0 Å². The standard InChI is InChI=1S/C15H21NO4/c1-18-15(17)12-13-4-2-3-5-14(13)20-11-8-16-6-9-19-10-7-16/h2-5H,6-12H2,1H3. The van der Waals surface area contributed by atoms with Crippen molar-refractivity contribution in [3.8, 4) is 5.75 Å². The van der Waals surface area contributed by atoms with E-state index in [1.165, 1.54) is 7.11 Å². The highest BCUT2D eigenvalue weighted by atomic mass is 16.5. The maximum absolute atomic E-state index is 11.4. The number of benzene rings is 1. The van der Waals surface area contributed by atoms with Crippen LogP contribution in [-0.4, -0.2) is 57.4 Å². The molecule has 0 spiro atoms. The van der Waals surface area contributed by atoms with Gasteiger partial charge in [-0.25, -0.2) is 0 Å². The van der Waals surface area contributed by atoms with E-state index >= 15 is 0 Å². The summed E-state index contributed by atoms with van der Waals surface area (Å²) in [5.74, 6) is 0.500. The van der Waals surface area contributed by atoms with Crippen molar-refractivity contribution in [1.29, 1.82) is 0 Å². The Labute approximate surface area is 119 Å². The lowest BCUT2D eigenvalue weighted by molar-refractivity contribution is -0.139. The molecule has 0 unspecified atom stereocenters. The number of carbonyl (C=O) groups excluding carboxylic acids is 1. The van der Waals surface area contributed by atoms with Gasteiger partial charge in [0.2, 0.25) is 0 Å². The first-order valence-corrected chi connectivity index (χ1v) is 6.87. The number of nitrogens with zero attached hydrogens (tertiary/aromatic N) is 1. The second kappa shape index (κ2) is 7.87. The van der Waals surface area contributed by atoms with E-state index in [4.69, 9.17) is 14.2 Å². The Balaban J connectivity index is 1.83. The van der Waals surface area contributed by atoms with Gasteiger partial charge in [-0.1, -0.05) is 18.2 Å². The zero-order valence-corrected chi connectivity index (χ0v) is 11.8. The summed E-state index contributed by atoms with van der Waals surface area (Å²) < 4.78 is 15.8. The predicted molar refractivity (Wildman–Crippen MR) is 74.9 cm³/mol. The fourth-order valence-electron chi connectivity index (χ4n) is 2.13. The summed E-state index contributed by atoms with van der Waals surface area (Å²) in [5.41, 5.74) is 0.862. The van der Waals surface area contributed by atoms with E-state index in [-0.39, 0.29) is 12.4 Å². The third-order valence-corrected chi connectivity index (χ3v) is 3.30. The van der Waals surface area contributed by atoms with Crippen molar-refractivity contribution < 1.29 is 19.0 Å². The number of hydrogen-bond donors (Lipinski definition) is 0. The van der Waals surface area contributed by atoms with Crippen molar-refractivity contribution >= 4 is 5.97 Å². The third-order valence-electron chi connectivity index (χ3n) is 3.30. The molecular formula is C15H21NO4. The molecular weight excluding hydrogens is 258 g/mol. The van der Waals surface area contributed by atoms with Gasteiger partial charge in [0.15, 0.2) is 0 Å². The van der Waals surface area contributed by atoms with Gasteiger partial charge in [-0.2, -0.15) is 0 Å². The maximum Gasteiger partial charge on any atom is 0.310 e. The zero-order valence-electron chi connectivity index (χ0n) is 11.8. The molecule has 0 saturated carbocycles. The normalized spacial score (nSPS) is 15.8. The zero-order chi connectivity index (χ0) is 14.2. The van der Waals surface area contributed by atoms with Gasteiger partial charge in [0.05, 0.1) is 26.7 Å². The average Bonchev–Trinajstić information content (AvgIpc) is 2.50. The van der Waals surface area contributed by atoms with Crippen LogP contribution in [0.5, 0.6) is 5.75 Å². The Morgan fingerprint density at radius 1 is 1.30 bits per heavy atom. The molecule has 1 saturated heterocycles. The largest absolute Gasteiger partial charge is 0.492 e. The van der Waals surface area contributed by atoms with E-state index in [1.807, 2.05) is 24.3 Å². The number of ether oxygens (including phenoxy) is 3.